The largest absolute Gasteiger partial charge is 0.402 e. The Morgan fingerprint density at radius 1 is 1.00 bits per heavy atom. The van der Waals surface area contributed by atoms with Crippen LogP contribution in [0.15, 0.2) is 59.2 Å². The highest BCUT2D eigenvalue weighted by molar-refractivity contribution is 6.12. The molecule has 116 valence electrons. The van der Waals surface area contributed by atoms with E-state index in [0.717, 1.165) is 16.7 Å². The maximum atomic E-state index is 12.0. The van der Waals surface area contributed by atoms with Gasteiger partial charge in [0.1, 0.15) is 0 Å². The molecule has 2 aromatic rings. The third-order valence-electron chi connectivity index (χ3n) is 3.83. The molecular weight excluding hydrogens is 286 g/mol. The van der Waals surface area contributed by atoms with Gasteiger partial charge in [-0.1, -0.05) is 55.8 Å². The van der Waals surface area contributed by atoms with Gasteiger partial charge in [0.25, 0.3) is 0 Å². The number of ether oxygens (including phenoxy) is 1. The molecule has 1 aliphatic heterocycles. The number of esters is 1. The van der Waals surface area contributed by atoms with Crippen LogP contribution in [0.25, 0.3) is 6.08 Å². The van der Waals surface area contributed by atoms with Gasteiger partial charge in [-0.05, 0) is 42.2 Å². The van der Waals surface area contributed by atoms with E-state index in [-0.39, 0.29) is 0 Å². The Labute approximate surface area is 136 Å². The first-order chi connectivity index (χ1) is 11.0. The first-order valence-corrected chi connectivity index (χ1v) is 7.72. The van der Waals surface area contributed by atoms with Crippen molar-refractivity contribution in [3.05, 3.63) is 76.5 Å². The van der Waals surface area contributed by atoms with Crippen molar-refractivity contribution in [1.29, 1.82) is 0 Å². The van der Waals surface area contributed by atoms with Crippen LogP contribution >= 0.6 is 0 Å². The van der Waals surface area contributed by atoms with Crippen molar-refractivity contribution in [2.75, 3.05) is 0 Å². The number of carbonyl (C=O) groups excluding carboxylic acids is 1. The summed E-state index contributed by atoms with van der Waals surface area (Å²) in [5.74, 6) is 0.438. The first kappa shape index (κ1) is 15.2. The fourth-order valence-corrected chi connectivity index (χ4v) is 2.36. The van der Waals surface area contributed by atoms with Crippen LogP contribution in [0, 0.1) is 6.92 Å². The van der Waals surface area contributed by atoms with Crippen molar-refractivity contribution in [3.8, 4) is 0 Å². The summed E-state index contributed by atoms with van der Waals surface area (Å²) < 4.78 is 5.28. The van der Waals surface area contributed by atoms with Crippen molar-refractivity contribution < 1.29 is 9.53 Å². The van der Waals surface area contributed by atoms with Crippen LogP contribution in [0.4, 0.5) is 0 Å². The van der Waals surface area contributed by atoms with Gasteiger partial charge in [0.05, 0.1) is 0 Å². The van der Waals surface area contributed by atoms with Gasteiger partial charge < -0.3 is 4.74 Å². The zero-order chi connectivity index (χ0) is 16.4. The number of aryl methyl sites for hydroxylation is 1. The average molecular weight is 305 g/mol. The third-order valence-corrected chi connectivity index (χ3v) is 3.83. The van der Waals surface area contributed by atoms with Gasteiger partial charge >= 0.3 is 5.97 Å². The summed E-state index contributed by atoms with van der Waals surface area (Å²) in [6.45, 7) is 6.32. The summed E-state index contributed by atoms with van der Waals surface area (Å²) in [5.41, 5.74) is 4.50. The van der Waals surface area contributed by atoms with Crippen LogP contribution < -0.4 is 0 Å². The van der Waals surface area contributed by atoms with Gasteiger partial charge in [-0.15, -0.1) is 0 Å². The molecule has 1 heterocycles. The summed E-state index contributed by atoms with van der Waals surface area (Å²) in [4.78, 5) is 16.3. The predicted octanol–water partition coefficient (Wildman–Crippen LogP) is 4.46. The van der Waals surface area contributed by atoms with Crippen LogP contribution in [0.3, 0.4) is 0 Å². The Balaban J connectivity index is 1.87. The number of rotatable bonds is 3. The summed E-state index contributed by atoms with van der Waals surface area (Å²) in [6.07, 6.45) is 1.76. The Hall–Kier alpha value is -2.68. The summed E-state index contributed by atoms with van der Waals surface area (Å²) in [7, 11) is 0. The standard InChI is InChI=1S/C20H19NO2/c1-13(2)16-10-6-15(7-11-16)12-18-20(22)23-19(21-18)17-8-4-14(3)5-9-17/h4-13H,1-3H3. The molecule has 3 rings (SSSR count). The second-order valence-corrected chi connectivity index (χ2v) is 6.02. The number of hydrogen-bond donors (Lipinski definition) is 0. The Morgan fingerprint density at radius 2 is 1.65 bits per heavy atom. The lowest BCUT2D eigenvalue weighted by Crippen LogP contribution is -2.05. The molecular formula is C20H19NO2. The lowest BCUT2D eigenvalue weighted by atomic mass is 10.0. The van der Waals surface area contributed by atoms with Crippen molar-refractivity contribution in [1.82, 2.24) is 0 Å². The Morgan fingerprint density at radius 3 is 2.26 bits per heavy atom. The van der Waals surface area contributed by atoms with E-state index in [2.05, 4.69) is 31.0 Å². The number of hydrogen-bond acceptors (Lipinski definition) is 3. The maximum Gasteiger partial charge on any atom is 0.363 e. The summed E-state index contributed by atoms with van der Waals surface area (Å²) in [6, 6.07) is 15.9. The normalized spacial score (nSPS) is 15.9. The number of carbonyl (C=O) groups is 1. The predicted molar refractivity (Wildman–Crippen MR) is 92.3 cm³/mol. The van der Waals surface area contributed by atoms with E-state index in [4.69, 9.17) is 4.74 Å². The highest BCUT2D eigenvalue weighted by Crippen LogP contribution is 2.21. The van der Waals surface area contributed by atoms with Crippen LogP contribution in [0.1, 0.15) is 42.0 Å². The van der Waals surface area contributed by atoms with E-state index in [0.29, 0.717) is 17.5 Å². The molecule has 1 aliphatic rings. The molecule has 2 aromatic carbocycles. The maximum absolute atomic E-state index is 12.0. The quantitative estimate of drug-likeness (QED) is 0.620. The van der Waals surface area contributed by atoms with Crippen molar-refractivity contribution in [2.45, 2.75) is 26.7 Å². The second kappa shape index (κ2) is 6.21. The molecule has 0 saturated carbocycles. The molecule has 0 aromatic heterocycles. The summed E-state index contributed by atoms with van der Waals surface area (Å²) >= 11 is 0. The molecule has 0 saturated heterocycles. The highest BCUT2D eigenvalue weighted by Gasteiger charge is 2.23. The smallest absolute Gasteiger partial charge is 0.363 e. The number of nitrogens with zero attached hydrogens (tertiary/aromatic N) is 1. The van der Waals surface area contributed by atoms with Crippen LogP contribution in [0.2, 0.25) is 0 Å². The van der Waals surface area contributed by atoms with Gasteiger partial charge in [0.2, 0.25) is 5.90 Å². The minimum atomic E-state index is -0.409. The van der Waals surface area contributed by atoms with Gasteiger partial charge in [-0.2, -0.15) is 0 Å². The molecule has 0 amide bonds. The highest BCUT2D eigenvalue weighted by atomic mass is 16.6. The van der Waals surface area contributed by atoms with Gasteiger partial charge in [-0.3, -0.25) is 0 Å². The average Bonchev–Trinajstić information content (AvgIpc) is 2.89. The zero-order valence-electron chi connectivity index (χ0n) is 13.5. The molecule has 0 radical (unpaired) electrons. The Kier molecular flexibility index (Phi) is 4.11. The van der Waals surface area contributed by atoms with E-state index in [1.807, 2.05) is 43.3 Å². The zero-order valence-corrected chi connectivity index (χ0v) is 13.5. The molecule has 0 fully saturated rings. The van der Waals surface area contributed by atoms with Gasteiger partial charge in [-0.25, -0.2) is 9.79 Å². The molecule has 3 heteroatoms. The number of aliphatic imine (C=N–C) groups is 1. The van der Waals surface area contributed by atoms with E-state index in [9.17, 15) is 4.79 Å². The van der Waals surface area contributed by atoms with Crippen LogP contribution in [0.5, 0.6) is 0 Å². The van der Waals surface area contributed by atoms with E-state index in [1.54, 1.807) is 6.08 Å². The van der Waals surface area contributed by atoms with Crippen LogP contribution in [-0.4, -0.2) is 11.9 Å². The van der Waals surface area contributed by atoms with E-state index < -0.39 is 5.97 Å². The molecule has 0 unspecified atom stereocenters. The minimum Gasteiger partial charge on any atom is -0.402 e. The van der Waals surface area contributed by atoms with Crippen molar-refractivity contribution in [3.63, 3.8) is 0 Å². The summed E-state index contributed by atoms with van der Waals surface area (Å²) in [5, 5.41) is 0. The first-order valence-electron chi connectivity index (χ1n) is 7.72. The van der Waals surface area contributed by atoms with Gasteiger partial charge in [0.15, 0.2) is 5.70 Å². The molecule has 0 N–H and O–H groups in total. The second-order valence-electron chi connectivity index (χ2n) is 6.02. The molecule has 3 nitrogen and oxygen atoms in total. The molecule has 0 spiro atoms. The third kappa shape index (κ3) is 3.39. The van der Waals surface area contributed by atoms with E-state index in [1.165, 1.54) is 5.56 Å². The monoisotopic (exact) mass is 305 g/mol. The minimum absolute atomic E-state index is 0.331. The lowest BCUT2D eigenvalue weighted by molar-refractivity contribution is -0.129. The molecule has 0 atom stereocenters. The fraction of sp³-hybridized carbons (Fsp3) is 0.200. The van der Waals surface area contributed by atoms with E-state index >= 15 is 0 Å². The van der Waals surface area contributed by atoms with Crippen molar-refractivity contribution >= 4 is 17.9 Å². The molecule has 0 aliphatic carbocycles. The SMILES string of the molecule is Cc1ccc(C2=NC(=Cc3ccc(C(C)C)cc3)C(=O)O2)cc1. The number of cyclic esters (lactones) is 1. The number of benzene rings is 2. The molecule has 0 bridgehead atoms. The lowest BCUT2D eigenvalue weighted by Gasteiger charge is -2.04. The van der Waals surface area contributed by atoms with Crippen LogP contribution in [-0.2, 0) is 9.53 Å². The topological polar surface area (TPSA) is 38.7 Å². The fourth-order valence-electron chi connectivity index (χ4n) is 2.36. The van der Waals surface area contributed by atoms with Gasteiger partial charge in [0, 0.05) is 5.56 Å². The Bertz CT molecular complexity index is 781. The molecule has 23 heavy (non-hydrogen) atoms. The van der Waals surface area contributed by atoms with Crippen molar-refractivity contribution in [2.24, 2.45) is 4.99 Å².